The first-order chi connectivity index (χ1) is 11.4. The van der Waals surface area contributed by atoms with Crippen LogP contribution in [0.2, 0.25) is 5.15 Å². The molecule has 1 aliphatic carbocycles. The van der Waals surface area contributed by atoms with Crippen molar-refractivity contribution >= 4 is 28.5 Å². The van der Waals surface area contributed by atoms with E-state index in [0.717, 1.165) is 43.5 Å². The molecule has 5 nitrogen and oxygen atoms in total. The number of halogens is 1. The zero-order valence-corrected chi connectivity index (χ0v) is 14.9. The third-order valence-electron chi connectivity index (χ3n) is 5.37. The van der Waals surface area contributed by atoms with Gasteiger partial charge in [-0.25, -0.2) is 4.98 Å². The van der Waals surface area contributed by atoms with Crippen molar-refractivity contribution in [2.75, 3.05) is 19.6 Å². The molecule has 24 heavy (non-hydrogen) atoms. The zero-order chi connectivity index (χ0) is 16.9. The lowest BCUT2D eigenvalue weighted by Gasteiger charge is -2.36. The maximum Gasteiger partial charge on any atom is 0.246 e. The van der Waals surface area contributed by atoms with E-state index in [2.05, 4.69) is 15.2 Å². The normalized spacial score (nSPS) is 20.0. The molecule has 4 rings (SSSR count). The van der Waals surface area contributed by atoms with Crippen LogP contribution in [0.15, 0.2) is 24.4 Å². The van der Waals surface area contributed by atoms with Crippen LogP contribution in [0.25, 0.3) is 11.0 Å². The molecule has 1 aliphatic heterocycles. The highest BCUT2D eigenvalue weighted by molar-refractivity contribution is 6.29. The average molecular weight is 347 g/mol. The number of rotatable bonds is 5. The number of fused-ring (bicyclic) bond motifs is 1. The fraction of sp³-hybridized carbons (Fsp3) is 0.556. The Labute approximate surface area is 147 Å². The number of likely N-dealkylation sites (tertiary alicyclic amines) is 1. The molecule has 1 saturated heterocycles. The zero-order valence-electron chi connectivity index (χ0n) is 14.2. The van der Waals surface area contributed by atoms with Gasteiger partial charge in [-0.1, -0.05) is 11.6 Å². The first-order valence-electron chi connectivity index (χ1n) is 8.59. The molecule has 1 N–H and O–H groups in total. The van der Waals surface area contributed by atoms with E-state index >= 15 is 0 Å². The van der Waals surface area contributed by atoms with Crippen molar-refractivity contribution in [2.45, 2.75) is 44.2 Å². The van der Waals surface area contributed by atoms with Gasteiger partial charge in [0.1, 0.15) is 16.3 Å². The van der Waals surface area contributed by atoms with Gasteiger partial charge in [0.05, 0.1) is 5.54 Å². The van der Waals surface area contributed by atoms with Gasteiger partial charge in [0.25, 0.3) is 0 Å². The first-order valence-corrected chi connectivity index (χ1v) is 8.97. The van der Waals surface area contributed by atoms with Crippen LogP contribution in [0.5, 0.6) is 0 Å². The van der Waals surface area contributed by atoms with E-state index in [0.29, 0.717) is 5.15 Å². The highest BCUT2D eigenvalue weighted by atomic mass is 35.5. The van der Waals surface area contributed by atoms with Gasteiger partial charge in [-0.05, 0) is 64.4 Å². The molecule has 3 heterocycles. The summed E-state index contributed by atoms with van der Waals surface area (Å²) in [5, 5.41) is 4.74. The molecular weight excluding hydrogens is 324 g/mol. The Bertz CT molecular complexity index is 789. The van der Waals surface area contributed by atoms with E-state index in [-0.39, 0.29) is 11.4 Å². The smallest absolute Gasteiger partial charge is 0.246 e. The van der Waals surface area contributed by atoms with Crippen molar-refractivity contribution in [3.05, 3.63) is 29.5 Å². The Hall–Kier alpha value is -1.59. The summed E-state index contributed by atoms with van der Waals surface area (Å²) >= 11 is 6.04. The number of pyridine rings is 1. The lowest BCUT2D eigenvalue weighted by Crippen LogP contribution is -2.54. The van der Waals surface area contributed by atoms with E-state index in [9.17, 15) is 4.79 Å². The molecule has 0 radical (unpaired) electrons. The SMILES string of the molecule is CC(C)(C(=O)NC1(CN2CCC2)CC1)n1ccc2ccc(Cl)nc21. The lowest BCUT2D eigenvalue weighted by atomic mass is 10.0. The quantitative estimate of drug-likeness (QED) is 0.847. The van der Waals surface area contributed by atoms with Crippen LogP contribution in [0, 0.1) is 0 Å². The molecule has 2 aliphatic rings. The van der Waals surface area contributed by atoms with Gasteiger partial charge < -0.3 is 14.8 Å². The molecule has 0 aromatic carbocycles. The van der Waals surface area contributed by atoms with Gasteiger partial charge in [0.2, 0.25) is 5.91 Å². The number of hydrogen-bond acceptors (Lipinski definition) is 3. The van der Waals surface area contributed by atoms with E-state index in [4.69, 9.17) is 11.6 Å². The number of carbonyl (C=O) groups is 1. The summed E-state index contributed by atoms with van der Waals surface area (Å²) in [4.78, 5) is 19.9. The maximum absolute atomic E-state index is 13.0. The lowest BCUT2D eigenvalue weighted by molar-refractivity contribution is -0.129. The van der Waals surface area contributed by atoms with Gasteiger partial charge in [0.15, 0.2) is 0 Å². The summed E-state index contributed by atoms with van der Waals surface area (Å²) in [6.07, 6.45) is 5.34. The molecular formula is C18H23ClN4O. The molecule has 1 saturated carbocycles. The second-order valence-corrected chi connectivity index (χ2v) is 8.04. The number of amides is 1. The Morgan fingerprint density at radius 3 is 2.71 bits per heavy atom. The molecule has 0 bridgehead atoms. The molecule has 2 aromatic rings. The number of nitrogens with one attached hydrogen (secondary N) is 1. The van der Waals surface area contributed by atoms with Crippen LogP contribution < -0.4 is 5.32 Å². The molecule has 0 unspecified atom stereocenters. The molecule has 0 spiro atoms. The third-order valence-corrected chi connectivity index (χ3v) is 5.58. The maximum atomic E-state index is 13.0. The van der Waals surface area contributed by atoms with Crippen LogP contribution in [-0.2, 0) is 10.3 Å². The monoisotopic (exact) mass is 346 g/mol. The molecule has 2 fully saturated rings. The third kappa shape index (κ3) is 2.70. The average Bonchev–Trinajstić information content (AvgIpc) is 3.11. The second kappa shape index (κ2) is 5.46. The fourth-order valence-corrected chi connectivity index (χ4v) is 3.52. The summed E-state index contributed by atoms with van der Waals surface area (Å²) in [7, 11) is 0. The van der Waals surface area contributed by atoms with Gasteiger partial charge in [-0.15, -0.1) is 0 Å². The number of nitrogens with zero attached hydrogens (tertiary/aromatic N) is 3. The van der Waals surface area contributed by atoms with Crippen molar-refractivity contribution in [3.63, 3.8) is 0 Å². The van der Waals surface area contributed by atoms with Crippen molar-refractivity contribution in [1.82, 2.24) is 19.8 Å². The van der Waals surface area contributed by atoms with Crippen molar-refractivity contribution in [2.24, 2.45) is 0 Å². The Balaban J connectivity index is 1.56. The van der Waals surface area contributed by atoms with Crippen LogP contribution in [0.1, 0.15) is 33.1 Å². The van der Waals surface area contributed by atoms with Crippen LogP contribution >= 0.6 is 11.6 Å². The Kier molecular flexibility index (Phi) is 3.62. The highest BCUT2D eigenvalue weighted by Gasteiger charge is 2.48. The van der Waals surface area contributed by atoms with Crippen LogP contribution in [-0.4, -0.2) is 45.5 Å². The number of carbonyl (C=O) groups excluding carboxylic acids is 1. The summed E-state index contributed by atoms with van der Waals surface area (Å²) in [5.41, 5.74) is 0.00231. The summed E-state index contributed by atoms with van der Waals surface area (Å²) in [5.74, 6) is 0.0415. The standard InChI is InChI=1S/C18H23ClN4O/c1-17(2,23-11-6-13-4-5-14(19)20-15(13)23)16(24)21-18(7-8-18)12-22-9-3-10-22/h4-6,11H,3,7-10,12H2,1-2H3,(H,21,24). The van der Waals surface area contributed by atoms with E-state index < -0.39 is 5.54 Å². The van der Waals surface area contributed by atoms with Gasteiger partial charge >= 0.3 is 0 Å². The van der Waals surface area contributed by atoms with Crippen molar-refractivity contribution in [3.8, 4) is 0 Å². The topological polar surface area (TPSA) is 50.2 Å². The first kappa shape index (κ1) is 15.9. The summed E-state index contributed by atoms with van der Waals surface area (Å²) < 4.78 is 1.92. The minimum atomic E-state index is -0.718. The number of aromatic nitrogens is 2. The highest BCUT2D eigenvalue weighted by Crippen LogP contribution is 2.38. The number of hydrogen-bond donors (Lipinski definition) is 1. The van der Waals surface area contributed by atoms with E-state index in [1.54, 1.807) is 6.07 Å². The fourth-order valence-electron chi connectivity index (χ4n) is 3.38. The molecule has 0 atom stereocenters. The van der Waals surface area contributed by atoms with Gasteiger partial charge in [-0.2, -0.15) is 0 Å². The van der Waals surface area contributed by atoms with E-state index in [1.807, 2.05) is 36.7 Å². The van der Waals surface area contributed by atoms with E-state index in [1.165, 1.54) is 6.42 Å². The largest absolute Gasteiger partial charge is 0.347 e. The van der Waals surface area contributed by atoms with Crippen molar-refractivity contribution in [1.29, 1.82) is 0 Å². The summed E-state index contributed by atoms with van der Waals surface area (Å²) in [6.45, 7) is 7.16. The van der Waals surface area contributed by atoms with Crippen LogP contribution in [0.4, 0.5) is 0 Å². The predicted molar refractivity (Wildman–Crippen MR) is 95.2 cm³/mol. The molecule has 1 amide bonds. The van der Waals surface area contributed by atoms with Gasteiger partial charge in [-0.3, -0.25) is 4.79 Å². The molecule has 128 valence electrons. The summed E-state index contributed by atoms with van der Waals surface area (Å²) in [6, 6.07) is 5.68. The second-order valence-electron chi connectivity index (χ2n) is 7.66. The van der Waals surface area contributed by atoms with Crippen molar-refractivity contribution < 1.29 is 4.79 Å². The van der Waals surface area contributed by atoms with Crippen LogP contribution in [0.3, 0.4) is 0 Å². The molecule has 6 heteroatoms. The molecule has 2 aromatic heterocycles. The predicted octanol–water partition coefficient (Wildman–Crippen LogP) is 2.78. The Morgan fingerprint density at radius 2 is 2.08 bits per heavy atom. The van der Waals surface area contributed by atoms with Gasteiger partial charge in [0, 0.05) is 18.1 Å². The minimum Gasteiger partial charge on any atom is -0.347 e. The Morgan fingerprint density at radius 1 is 1.33 bits per heavy atom. The minimum absolute atomic E-state index is 0.0250.